The number of aryl methyl sites for hydroxylation is 2. The van der Waals surface area contributed by atoms with Gasteiger partial charge in [-0.3, -0.25) is 4.99 Å². The van der Waals surface area contributed by atoms with E-state index in [0.717, 1.165) is 48.3 Å². The minimum Gasteiger partial charge on any atom is -0.356 e. The molecule has 2 rings (SSSR count). The molecule has 2 N–H and O–H groups in total. The standard InChI is InChI=1S/C17H23ClN4S.HI/c1-13-12-22-16(23-13)9-11-21-17(19-2)20-10-3-4-14-5-7-15(18)8-6-14;/h5-8,12H,3-4,9-11H2,1-2H3,(H2,19,20,21);1H. The maximum Gasteiger partial charge on any atom is 0.190 e. The predicted octanol–water partition coefficient (Wildman–Crippen LogP) is 4.06. The average Bonchev–Trinajstić information content (AvgIpc) is 2.97. The Labute approximate surface area is 170 Å². The average molecular weight is 479 g/mol. The summed E-state index contributed by atoms with van der Waals surface area (Å²) in [5.74, 6) is 0.842. The Balaban J connectivity index is 0.00000288. The summed E-state index contributed by atoms with van der Waals surface area (Å²) in [6.07, 6.45) is 4.92. The zero-order chi connectivity index (χ0) is 16.5. The molecule has 0 aliphatic rings. The smallest absolute Gasteiger partial charge is 0.190 e. The molecule has 2 aromatic rings. The highest BCUT2D eigenvalue weighted by molar-refractivity contribution is 14.0. The van der Waals surface area contributed by atoms with Crippen molar-refractivity contribution in [1.29, 1.82) is 0 Å². The fourth-order valence-electron chi connectivity index (χ4n) is 2.18. The van der Waals surface area contributed by atoms with Crippen LogP contribution in [0.3, 0.4) is 0 Å². The molecule has 0 aliphatic heterocycles. The first kappa shape index (κ1) is 21.2. The third kappa shape index (κ3) is 7.81. The van der Waals surface area contributed by atoms with E-state index in [1.54, 1.807) is 18.4 Å². The number of halogens is 2. The van der Waals surface area contributed by atoms with Gasteiger partial charge in [0.15, 0.2) is 5.96 Å². The lowest BCUT2D eigenvalue weighted by Gasteiger charge is -2.11. The molecule has 24 heavy (non-hydrogen) atoms. The van der Waals surface area contributed by atoms with Crippen LogP contribution < -0.4 is 10.6 Å². The van der Waals surface area contributed by atoms with Crippen LogP contribution in [0.1, 0.15) is 21.9 Å². The molecule has 0 amide bonds. The van der Waals surface area contributed by atoms with Crippen LogP contribution in [-0.2, 0) is 12.8 Å². The van der Waals surface area contributed by atoms with Crippen LogP contribution in [0.15, 0.2) is 35.5 Å². The molecule has 0 bridgehead atoms. The number of guanidine groups is 1. The van der Waals surface area contributed by atoms with Gasteiger partial charge in [-0.25, -0.2) is 4.98 Å². The summed E-state index contributed by atoms with van der Waals surface area (Å²) in [5.41, 5.74) is 1.30. The molecule has 0 aliphatic carbocycles. The van der Waals surface area contributed by atoms with Crippen molar-refractivity contribution in [3.63, 3.8) is 0 Å². The van der Waals surface area contributed by atoms with Crippen LogP contribution >= 0.6 is 46.9 Å². The highest BCUT2D eigenvalue weighted by Gasteiger charge is 2.01. The Kier molecular flexibility index (Phi) is 10.3. The number of benzene rings is 1. The van der Waals surface area contributed by atoms with E-state index in [1.807, 2.05) is 18.3 Å². The fraction of sp³-hybridized carbons (Fsp3) is 0.412. The lowest BCUT2D eigenvalue weighted by molar-refractivity contribution is 0.738. The SMILES string of the molecule is CN=C(NCCCc1ccc(Cl)cc1)NCCc1ncc(C)s1.I. The van der Waals surface area contributed by atoms with Crippen LogP contribution in [0, 0.1) is 6.92 Å². The minimum atomic E-state index is 0. The third-order valence-electron chi connectivity index (χ3n) is 3.37. The van der Waals surface area contributed by atoms with Crippen molar-refractivity contribution in [2.24, 2.45) is 4.99 Å². The Morgan fingerprint density at radius 3 is 2.50 bits per heavy atom. The predicted molar refractivity (Wildman–Crippen MR) is 115 cm³/mol. The minimum absolute atomic E-state index is 0. The van der Waals surface area contributed by atoms with E-state index in [4.69, 9.17) is 11.6 Å². The molecule has 1 aromatic heterocycles. The van der Waals surface area contributed by atoms with Gasteiger partial charge in [0.1, 0.15) is 0 Å². The Morgan fingerprint density at radius 2 is 1.88 bits per heavy atom. The first-order chi connectivity index (χ1) is 11.2. The van der Waals surface area contributed by atoms with E-state index in [0.29, 0.717) is 0 Å². The number of hydrogen-bond acceptors (Lipinski definition) is 3. The van der Waals surface area contributed by atoms with E-state index in [9.17, 15) is 0 Å². The summed E-state index contributed by atoms with van der Waals surface area (Å²) in [5, 5.41) is 8.60. The summed E-state index contributed by atoms with van der Waals surface area (Å²) >= 11 is 7.63. The molecule has 4 nitrogen and oxygen atoms in total. The second-order valence-electron chi connectivity index (χ2n) is 5.27. The van der Waals surface area contributed by atoms with Crippen molar-refractivity contribution in [3.05, 3.63) is 50.9 Å². The van der Waals surface area contributed by atoms with E-state index in [2.05, 4.69) is 39.7 Å². The molecule has 132 valence electrons. The largest absolute Gasteiger partial charge is 0.356 e. The number of hydrogen-bond donors (Lipinski definition) is 2. The second-order valence-corrected chi connectivity index (χ2v) is 7.03. The molecule has 7 heteroatoms. The molecule has 0 radical (unpaired) electrons. The van der Waals surface area contributed by atoms with Gasteiger partial charge in [-0.05, 0) is 37.5 Å². The summed E-state index contributed by atoms with van der Waals surface area (Å²) in [6.45, 7) is 3.80. The number of thiazole rings is 1. The number of nitrogens with zero attached hydrogens (tertiary/aromatic N) is 2. The van der Waals surface area contributed by atoms with Gasteiger partial charge in [0.25, 0.3) is 0 Å². The fourth-order valence-corrected chi connectivity index (χ4v) is 3.09. The molecule has 1 aromatic carbocycles. The molecule has 0 unspecified atom stereocenters. The van der Waals surface area contributed by atoms with Crippen molar-refractivity contribution in [2.45, 2.75) is 26.2 Å². The monoisotopic (exact) mass is 478 g/mol. The lowest BCUT2D eigenvalue weighted by atomic mass is 10.1. The summed E-state index contributed by atoms with van der Waals surface area (Å²) in [7, 11) is 1.79. The number of nitrogens with one attached hydrogen (secondary N) is 2. The van der Waals surface area contributed by atoms with Gasteiger partial charge in [-0.1, -0.05) is 23.7 Å². The maximum atomic E-state index is 5.89. The molecule has 0 spiro atoms. The van der Waals surface area contributed by atoms with Crippen molar-refractivity contribution in [2.75, 3.05) is 20.1 Å². The molecule has 0 saturated carbocycles. The summed E-state index contributed by atoms with van der Waals surface area (Å²) in [6, 6.07) is 8.02. The van der Waals surface area contributed by atoms with E-state index < -0.39 is 0 Å². The van der Waals surface area contributed by atoms with Crippen molar-refractivity contribution in [3.8, 4) is 0 Å². The van der Waals surface area contributed by atoms with Crippen LogP contribution in [0.4, 0.5) is 0 Å². The van der Waals surface area contributed by atoms with Crippen LogP contribution in [0.5, 0.6) is 0 Å². The molecule has 0 fully saturated rings. The van der Waals surface area contributed by atoms with Gasteiger partial charge in [-0.2, -0.15) is 0 Å². The Morgan fingerprint density at radius 1 is 1.17 bits per heavy atom. The quantitative estimate of drug-likeness (QED) is 0.273. The zero-order valence-corrected chi connectivity index (χ0v) is 17.9. The topological polar surface area (TPSA) is 49.3 Å². The first-order valence-electron chi connectivity index (χ1n) is 7.77. The lowest BCUT2D eigenvalue weighted by Crippen LogP contribution is -2.38. The highest BCUT2D eigenvalue weighted by Crippen LogP contribution is 2.11. The third-order valence-corrected chi connectivity index (χ3v) is 4.60. The van der Waals surface area contributed by atoms with Gasteiger partial charge >= 0.3 is 0 Å². The van der Waals surface area contributed by atoms with E-state index >= 15 is 0 Å². The molecule has 1 heterocycles. The van der Waals surface area contributed by atoms with Crippen LogP contribution in [0.25, 0.3) is 0 Å². The first-order valence-corrected chi connectivity index (χ1v) is 8.97. The maximum absolute atomic E-state index is 5.89. The van der Waals surface area contributed by atoms with Gasteiger partial charge in [0.2, 0.25) is 0 Å². The number of aromatic nitrogens is 1. The van der Waals surface area contributed by atoms with Gasteiger partial charge < -0.3 is 10.6 Å². The zero-order valence-electron chi connectivity index (χ0n) is 14.0. The van der Waals surface area contributed by atoms with Crippen LogP contribution in [0.2, 0.25) is 5.02 Å². The molecule has 0 saturated heterocycles. The number of aliphatic imine (C=N–C) groups is 1. The van der Waals surface area contributed by atoms with Crippen molar-refractivity contribution < 1.29 is 0 Å². The van der Waals surface area contributed by atoms with Gasteiger partial charge in [0, 0.05) is 42.7 Å². The highest BCUT2D eigenvalue weighted by atomic mass is 127. The molecular formula is C17H24ClIN4S. The van der Waals surface area contributed by atoms with Gasteiger partial charge in [-0.15, -0.1) is 35.3 Å². The molecule has 0 atom stereocenters. The molecular weight excluding hydrogens is 455 g/mol. The van der Waals surface area contributed by atoms with E-state index in [-0.39, 0.29) is 24.0 Å². The van der Waals surface area contributed by atoms with Gasteiger partial charge in [0.05, 0.1) is 5.01 Å². The summed E-state index contributed by atoms with van der Waals surface area (Å²) < 4.78 is 0. The van der Waals surface area contributed by atoms with Crippen molar-refractivity contribution in [1.82, 2.24) is 15.6 Å². The summed E-state index contributed by atoms with van der Waals surface area (Å²) in [4.78, 5) is 9.86. The Bertz CT molecular complexity index is 628. The number of rotatable bonds is 7. The van der Waals surface area contributed by atoms with Crippen LogP contribution in [-0.4, -0.2) is 31.1 Å². The normalized spacial score (nSPS) is 11.0. The van der Waals surface area contributed by atoms with Crippen molar-refractivity contribution >= 4 is 52.9 Å². The van der Waals surface area contributed by atoms with E-state index in [1.165, 1.54) is 10.4 Å². The Hall–Kier alpha value is -0.860. The second kappa shape index (κ2) is 11.7.